The van der Waals surface area contributed by atoms with Crippen LogP contribution in [0.1, 0.15) is 25.3 Å². The van der Waals surface area contributed by atoms with Crippen LogP contribution in [-0.4, -0.2) is 56.9 Å². The number of likely N-dealkylation sites (N-methyl/N-ethyl adjacent to an activating group) is 1. The van der Waals surface area contributed by atoms with Crippen molar-refractivity contribution in [3.63, 3.8) is 0 Å². The van der Waals surface area contributed by atoms with Crippen molar-refractivity contribution >= 4 is 23.6 Å². The summed E-state index contributed by atoms with van der Waals surface area (Å²) in [6.45, 7) is 4.88. The summed E-state index contributed by atoms with van der Waals surface area (Å²) in [5.41, 5.74) is 2.17. The van der Waals surface area contributed by atoms with Crippen LogP contribution in [0.4, 0.5) is 0 Å². The van der Waals surface area contributed by atoms with Gasteiger partial charge in [-0.25, -0.2) is 0 Å². The minimum Gasteiger partial charge on any atom is -0.352 e. The second kappa shape index (κ2) is 8.56. The molecule has 1 N–H and O–H groups in total. The highest BCUT2D eigenvalue weighted by atomic mass is 32.2. The molecule has 2 amide bonds. The number of benzene rings is 1. The van der Waals surface area contributed by atoms with Gasteiger partial charge in [0.2, 0.25) is 11.8 Å². The Labute approximate surface area is 163 Å². The maximum absolute atomic E-state index is 12.4. The van der Waals surface area contributed by atoms with Crippen LogP contribution in [0.3, 0.4) is 0 Å². The van der Waals surface area contributed by atoms with Crippen LogP contribution in [0.25, 0.3) is 11.4 Å². The molecule has 0 aliphatic heterocycles. The largest absolute Gasteiger partial charge is 0.352 e. The highest BCUT2D eigenvalue weighted by molar-refractivity contribution is 7.99. The second-order valence-electron chi connectivity index (χ2n) is 6.75. The highest BCUT2D eigenvalue weighted by Crippen LogP contribution is 2.26. The Balaban J connectivity index is 1.61. The molecular weight excluding hydrogens is 362 g/mol. The molecule has 1 aromatic heterocycles. The lowest BCUT2D eigenvalue weighted by molar-refractivity contribution is -0.132. The Kier molecular flexibility index (Phi) is 6.15. The number of hydrogen-bond acceptors (Lipinski definition) is 5. The van der Waals surface area contributed by atoms with Crippen LogP contribution in [-0.2, 0) is 16.1 Å². The summed E-state index contributed by atoms with van der Waals surface area (Å²) in [6.07, 6.45) is 2.07. The van der Waals surface area contributed by atoms with Crippen LogP contribution in [0.5, 0.6) is 0 Å². The van der Waals surface area contributed by atoms with Gasteiger partial charge in [0.1, 0.15) is 0 Å². The summed E-state index contributed by atoms with van der Waals surface area (Å²) in [7, 11) is 1.65. The van der Waals surface area contributed by atoms with E-state index in [0.717, 1.165) is 29.8 Å². The van der Waals surface area contributed by atoms with Gasteiger partial charge in [0, 0.05) is 25.2 Å². The van der Waals surface area contributed by atoms with Crippen molar-refractivity contribution in [1.82, 2.24) is 25.0 Å². The zero-order valence-corrected chi connectivity index (χ0v) is 16.8. The van der Waals surface area contributed by atoms with Gasteiger partial charge in [-0.2, -0.15) is 0 Å². The van der Waals surface area contributed by atoms with Crippen molar-refractivity contribution in [2.75, 3.05) is 19.3 Å². The standard InChI is InChI=1S/C19H25N5O2S/c1-4-24-18(15-8-6-5-7-13(15)2)21-22-19(24)27-12-17(26)23(3)11-16(25)20-14-9-10-14/h5-8,14H,4,9-12H2,1-3H3,(H,20,25). The molecular formula is C19H25N5O2S. The fourth-order valence-electron chi connectivity index (χ4n) is 2.74. The first-order chi connectivity index (χ1) is 13.0. The first-order valence-electron chi connectivity index (χ1n) is 9.15. The molecule has 1 saturated carbocycles. The molecule has 8 heteroatoms. The van der Waals surface area contributed by atoms with Crippen molar-refractivity contribution < 1.29 is 9.59 Å². The predicted molar refractivity (Wildman–Crippen MR) is 105 cm³/mol. The van der Waals surface area contributed by atoms with E-state index in [1.807, 2.05) is 42.7 Å². The smallest absolute Gasteiger partial charge is 0.239 e. The van der Waals surface area contributed by atoms with Crippen molar-refractivity contribution in [3.8, 4) is 11.4 Å². The fraction of sp³-hybridized carbons (Fsp3) is 0.474. The van der Waals surface area contributed by atoms with Crippen LogP contribution < -0.4 is 5.32 Å². The quantitative estimate of drug-likeness (QED) is 0.702. The number of aryl methyl sites for hydroxylation is 1. The zero-order valence-electron chi connectivity index (χ0n) is 15.9. The Morgan fingerprint density at radius 2 is 2.04 bits per heavy atom. The third kappa shape index (κ3) is 4.88. The minimum absolute atomic E-state index is 0.0881. The molecule has 2 aromatic rings. The first-order valence-corrected chi connectivity index (χ1v) is 10.1. The first kappa shape index (κ1) is 19.4. The number of nitrogens with zero attached hydrogens (tertiary/aromatic N) is 4. The molecule has 0 radical (unpaired) electrons. The molecule has 7 nitrogen and oxygen atoms in total. The number of thioether (sulfide) groups is 1. The van der Waals surface area contributed by atoms with E-state index < -0.39 is 0 Å². The van der Waals surface area contributed by atoms with E-state index in [1.54, 1.807) is 7.05 Å². The van der Waals surface area contributed by atoms with Gasteiger partial charge in [0.15, 0.2) is 11.0 Å². The second-order valence-corrected chi connectivity index (χ2v) is 7.69. The summed E-state index contributed by atoms with van der Waals surface area (Å²) in [6, 6.07) is 8.35. The van der Waals surface area contributed by atoms with Crippen LogP contribution in [0.2, 0.25) is 0 Å². The van der Waals surface area contributed by atoms with E-state index in [1.165, 1.54) is 16.7 Å². The summed E-state index contributed by atoms with van der Waals surface area (Å²) >= 11 is 1.35. The topological polar surface area (TPSA) is 80.1 Å². The molecule has 0 saturated heterocycles. The molecule has 1 aliphatic rings. The average molecular weight is 388 g/mol. The molecule has 1 fully saturated rings. The Morgan fingerprint density at radius 1 is 1.30 bits per heavy atom. The molecule has 0 unspecified atom stereocenters. The zero-order chi connectivity index (χ0) is 19.4. The summed E-state index contributed by atoms with van der Waals surface area (Å²) < 4.78 is 2.01. The van der Waals surface area contributed by atoms with Crippen molar-refractivity contribution in [2.45, 2.75) is 44.4 Å². The number of nitrogens with one attached hydrogen (secondary N) is 1. The van der Waals surface area contributed by atoms with E-state index in [0.29, 0.717) is 17.7 Å². The lowest BCUT2D eigenvalue weighted by Gasteiger charge is -2.16. The lowest BCUT2D eigenvalue weighted by Crippen LogP contribution is -2.39. The van der Waals surface area contributed by atoms with Gasteiger partial charge in [0.05, 0.1) is 12.3 Å². The van der Waals surface area contributed by atoms with Crippen LogP contribution >= 0.6 is 11.8 Å². The molecule has 0 atom stereocenters. The van der Waals surface area contributed by atoms with E-state index in [9.17, 15) is 9.59 Å². The van der Waals surface area contributed by atoms with E-state index >= 15 is 0 Å². The predicted octanol–water partition coefficient (Wildman–Crippen LogP) is 2.10. The Bertz CT molecular complexity index is 831. The lowest BCUT2D eigenvalue weighted by atomic mass is 10.1. The van der Waals surface area contributed by atoms with E-state index in [4.69, 9.17) is 0 Å². The van der Waals surface area contributed by atoms with Crippen molar-refractivity contribution in [3.05, 3.63) is 29.8 Å². The normalized spacial score (nSPS) is 13.4. The summed E-state index contributed by atoms with van der Waals surface area (Å²) in [5, 5.41) is 12.2. The minimum atomic E-state index is -0.103. The number of carbonyl (C=O) groups is 2. The van der Waals surface area contributed by atoms with Gasteiger partial charge >= 0.3 is 0 Å². The number of aromatic nitrogens is 3. The van der Waals surface area contributed by atoms with Crippen molar-refractivity contribution in [2.24, 2.45) is 0 Å². The molecule has 3 rings (SSSR count). The molecule has 144 valence electrons. The Hall–Kier alpha value is -2.35. The highest BCUT2D eigenvalue weighted by Gasteiger charge is 2.24. The van der Waals surface area contributed by atoms with Crippen molar-refractivity contribution in [1.29, 1.82) is 0 Å². The molecule has 1 aliphatic carbocycles. The van der Waals surface area contributed by atoms with Gasteiger partial charge < -0.3 is 14.8 Å². The molecule has 0 spiro atoms. The summed E-state index contributed by atoms with van der Waals surface area (Å²) in [5.74, 6) is 0.827. The van der Waals surface area contributed by atoms with Gasteiger partial charge in [-0.1, -0.05) is 36.0 Å². The van der Waals surface area contributed by atoms with Crippen LogP contribution in [0.15, 0.2) is 29.4 Å². The number of rotatable bonds is 8. The third-order valence-corrected chi connectivity index (χ3v) is 5.44. The monoisotopic (exact) mass is 387 g/mol. The van der Waals surface area contributed by atoms with Gasteiger partial charge in [-0.15, -0.1) is 10.2 Å². The van der Waals surface area contributed by atoms with E-state index in [2.05, 4.69) is 15.5 Å². The average Bonchev–Trinajstić information content (AvgIpc) is 3.36. The number of amides is 2. The Morgan fingerprint density at radius 3 is 2.70 bits per heavy atom. The molecule has 1 aromatic carbocycles. The molecule has 0 bridgehead atoms. The SMILES string of the molecule is CCn1c(SCC(=O)N(C)CC(=O)NC2CC2)nnc1-c1ccccc1C. The summed E-state index contributed by atoms with van der Waals surface area (Å²) in [4.78, 5) is 25.6. The number of hydrogen-bond donors (Lipinski definition) is 1. The van der Waals surface area contributed by atoms with Crippen LogP contribution in [0, 0.1) is 6.92 Å². The van der Waals surface area contributed by atoms with Gasteiger partial charge in [-0.05, 0) is 32.3 Å². The number of carbonyl (C=O) groups excluding carboxylic acids is 2. The third-order valence-electron chi connectivity index (χ3n) is 4.49. The van der Waals surface area contributed by atoms with Gasteiger partial charge in [-0.3, -0.25) is 9.59 Å². The maximum atomic E-state index is 12.4. The fourth-order valence-corrected chi connectivity index (χ4v) is 3.69. The maximum Gasteiger partial charge on any atom is 0.239 e. The van der Waals surface area contributed by atoms with Gasteiger partial charge in [0.25, 0.3) is 0 Å². The van der Waals surface area contributed by atoms with E-state index in [-0.39, 0.29) is 24.1 Å². The molecule has 27 heavy (non-hydrogen) atoms. The molecule has 1 heterocycles.